The summed E-state index contributed by atoms with van der Waals surface area (Å²) in [6, 6.07) is 9.80. The number of hydrogen-bond donors (Lipinski definition) is 1. The van der Waals surface area contributed by atoms with E-state index in [1.54, 1.807) is 0 Å². The largest absolute Gasteiger partial charge is 0.489 e. The molecule has 0 saturated heterocycles. The van der Waals surface area contributed by atoms with Crippen molar-refractivity contribution < 1.29 is 33.7 Å². The lowest BCUT2D eigenvalue weighted by Gasteiger charge is -2.27. The minimum Gasteiger partial charge on any atom is -0.489 e. The van der Waals surface area contributed by atoms with Crippen LogP contribution in [0.5, 0.6) is 5.75 Å². The molecule has 35 heavy (non-hydrogen) atoms. The van der Waals surface area contributed by atoms with E-state index in [1.807, 2.05) is 56.5 Å². The summed E-state index contributed by atoms with van der Waals surface area (Å²) in [5, 5.41) is 12.4. The second kappa shape index (κ2) is 13.8. The number of carbonyl (C=O) groups excluding carboxylic acids is 3. The molecule has 1 amide bonds. The van der Waals surface area contributed by atoms with Crippen molar-refractivity contribution in [2.45, 2.75) is 59.9 Å². The van der Waals surface area contributed by atoms with E-state index in [1.165, 1.54) is 30.1 Å². The number of Topliss-reactive ketones (excluding diaryl/α,β-unsaturated/α-hetero) is 1. The van der Waals surface area contributed by atoms with Crippen molar-refractivity contribution in [2.24, 2.45) is 5.92 Å². The van der Waals surface area contributed by atoms with Crippen molar-refractivity contribution in [3.63, 3.8) is 0 Å². The number of rotatable bonds is 13. The van der Waals surface area contributed by atoms with Gasteiger partial charge >= 0.3 is 12.1 Å². The lowest BCUT2D eigenvalue weighted by molar-refractivity contribution is -0.163. The van der Waals surface area contributed by atoms with Crippen molar-refractivity contribution in [2.75, 3.05) is 19.7 Å². The number of hydrogen-bond acceptors (Lipinski definition) is 8. The smallest absolute Gasteiger partial charge is 0.412 e. The average molecular weight is 506 g/mol. The molecule has 0 fully saturated rings. The van der Waals surface area contributed by atoms with Crippen LogP contribution in [-0.4, -0.2) is 59.9 Å². The first-order valence-corrected chi connectivity index (χ1v) is 12.5. The summed E-state index contributed by atoms with van der Waals surface area (Å²) < 4.78 is 15.9. The highest BCUT2D eigenvalue weighted by atomic mass is 32.1. The van der Waals surface area contributed by atoms with Gasteiger partial charge in [0.1, 0.15) is 23.3 Å². The number of ketones is 1. The summed E-state index contributed by atoms with van der Waals surface area (Å²) in [6.07, 6.45) is -1.76. The Morgan fingerprint density at radius 3 is 2.37 bits per heavy atom. The van der Waals surface area contributed by atoms with Gasteiger partial charge in [-0.3, -0.25) is 9.59 Å². The summed E-state index contributed by atoms with van der Waals surface area (Å²) in [5.41, 5.74) is 1.91. The fourth-order valence-corrected chi connectivity index (χ4v) is 4.41. The molecule has 0 aliphatic carbocycles. The van der Waals surface area contributed by atoms with Gasteiger partial charge in [-0.15, -0.1) is 11.3 Å². The van der Waals surface area contributed by atoms with Crippen LogP contribution in [0.25, 0.3) is 0 Å². The zero-order chi connectivity index (χ0) is 26.0. The van der Waals surface area contributed by atoms with Crippen molar-refractivity contribution in [1.82, 2.24) is 4.90 Å². The summed E-state index contributed by atoms with van der Waals surface area (Å²) in [5.74, 6) is 0.0107. The number of thiophene rings is 1. The monoisotopic (exact) mass is 505 g/mol. The van der Waals surface area contributed by atoms with Gasteiger partial charge in [-0.1, -0.05) is 44.2 Å². The van der Waals surface area contributed by atoms with Crippen LogP contribution in [0.3, 0.4) is 0 Å². The maximum Gasteiger partial charge on any atom is 0.412 e. The molecule has 0 radical (unpaired) electrons. The Bertz CT molecular complexity index is 973. The molecule has 0 saturated carbocycles. The van der Waals surface area contributed by atoms with E-state index in [0.29, 0.717) is 30.0 Å². The third-order valence-electron chi connectivity index (χ3n) is 4.95. The molecule has 0 aliphatic heterocycles. The second-order valence-electron chi connectivity index (χ2n) is 8.81. The summed E-state index contributed by atoms with van der Waals surface area (Å²) >= 11 is 1.33. The van der Waals surface area contributed by atoms with Crippen LogP contribution in [0.1, 0.15) is 54.9 Å². The molecule has 2 aromatic rings. The summed E-state index contributed by atoms with van der Waals surface area (Å²) in [6.45, 7) is 8.59. The molecule has 1 heterocycles. The highest BCUT2D eigenvalue weighted by molar-refractivity contribution is 7.12. The van der Waals surface area contributed by atoms with Crippen LogP contribution in [0.4, 0.5) is 4.79 Å². The fraction of sp³-hybridized carbons (Fsp3) is 0.500. The van der Waals surface area contributed by atoms with Gasteiger partial charge in [0.15, 0.2) is 5.78 Å². The molecule has 8 nitrogen and oxygen atoms in total. The Labute approximate surface area is 210 Å². The van der Waals surface area contributed by atoms with E-state index in [2.05, 4.69) is 0 Å². The van der Waals surface area contributed by atoms with E-state index >= 15 is 0 Å². The second-order valence-corrected chi connectivity index (χ2v) is 9.69. The molecule has 0 spiro atoms. The number of aliphatic hydroxyl groups is 1. The number of carbonyl (C=O) groups is 3. The molecule has 1 aromatic carbocycles. The molecular formula is C26H35NO7S. The summed E-state index contributed by atoms with van der Waals surface area (Å²) in [7, 11) is 0. The fourth-order valence-electron chi connectivity index (χ4n) is 3.45. The predicted molar refractivity (Wildman–Crippen MR) is 134 cm³/mol. The highest BCUT2D eigenvalue weighted by Gasteiger charge is 2.24. The third-order valence-corrected chi connectivity index (χ3v) is 6.07. The molecule has 1 aromatic heterocycles. The van der Waals surface area contributed by atoms with Crippen molar-refractivity contribution in [3.8, 4) is 5.75 Å². The van der Waals surface area contributed by atoms with Crippen LogP contribution < -0.4 is 4.74 Å². The van der Waals surface area contributed by atoms with Gasteiger partial charge in [-0.2, -0.15) is 0 Å². The SMILES string of the molecule is CC(=O)OC(C)OC(=O)N(CC(C)C)CC(O)COc1c(C)csc1C(=O)CCc1ccccc1. The first-order valence-electron chi connectivity index (χ1n) is 11.7. The molecule has 2 unspecified atom stereocenters. The predicted octanol–water partition coefficient (Wildman–Crippen LogP) is 4.62. The van der Waals surface area contributed by atoms with Crippen LogP contribution in [0.15, 0.2) is 35.7 Å². The van der Waals surface area contributed by atoms with Crippen molar-refractivity contribution in [1.29, 1.82) is 0 Å². The normalized spacial score (nSPS) is 12.7. The van der Waals surface area contributed by atoms with Gasteiger partial charge in [0, 0.05) is 32.4 Å². The Kier molecular flexibility index (Phi) is 11.2. The number of aliphatic hydroxyl groups excluding tert-OH is 1. The molecular weight excluding hydrogens is 470 g/mol. The first-order chi connectivity index (χ1) is 16.6. The molecule has 0 bridgehead atoms. The maximum atomic E-state index is 12.8. The zero-order valence-corrected chi connectivity index (χ0v) is 21.8. The zero-order valence-electron chi connectivity index (χ0n) is 21.0. The van der Waals surface area contributed by atoms with Gasteiger partial charge in [-0.25, -0.2) is 4.79 Å². The minimum atomic E-state index is -1.04. The number of benzene rings is 1. The van der Waals surface area contributed by atoms with Crippen molar-refractivity contribution >= 4 is 29.2 Å². The molecule has 2 atom stereocenters. The van der Waals surface area contributed by atoms with E-state index in [4.69, 9.17) is 14.2 Å². The number of esters is 1. The van der Waals surface area contributed by atoms with Gasteiger partial charge in [0.2, 0.25) is 6.29 Å². The summed E-state index contributed by atoms with van der Waals surface area (Å²) in [4.78, 5) is 38.3. The molecule has 192 valence electrons. The van der Waals surface area contributed by atoms with Crippen LogP contribution in [0.2, 0.25) is 0 Å². The standard InChI is InChI=1S/C26H35NO7S/c1-17(2)13-27(26(31)34-20(5)33-19(4)28)14-22(29)15-32-24-18(3)16-35-25(24)23(30)12-11-21-9-7-6-8-10-21/h6-10,16-17,20,22,29H,11-15H2,1-5H3. The first kappa shape index (κ1) is 28.3. The Morgan fingerprint density at radius 2 is 1.74 bits per heavy atom. The Hall–Kier alpha value is -2.91. The van der Waals surface area contributed by atoms with Gasteiger partial charge in [0.05, 0.1) is 6.54 Å². The number of nitrogens with zero attached hydrogens (tertiary/aromatic N) is 1. The van der Waals surface area contributed by atoms with Crippen LogP contribution >= 0.6 is 11.3 Å². The minimum absolute atomic E-state index is 0.0130. The number of aryl methyl sites for hydroxylation is 2. The maximum absolute atomic E-state index is 12.8. The third kappa shape index (κ3) is 9.70. The Balaban J connectivity index is 1.96. The highest BCUT2D eigenvalue weighted by Crippen LogP contribution is 2.31. The lowest BCUT2D eigenvalue weighted by Crippen LogP contribution is -2.43. The van der Waals surface area contributed by atoms with Crippen LogP contribution in [-0.2, 0) is 20.7 Å². The molecule has 0 aliphatic rings. The number of ether oxygens (including phenoxy) is 3. The molecule has 9 heteroatoms. The van der Waals surface area contributed by atoms with E-state index in [0.717, 1.165) is 11.1 Å². The molecule has 2 rings (SSSR count). The molecule has 1 N–H and O–H groups in total. The van der Waals surface area contributed by atoms with Gasteiger partial charge < -0.3 is 24.2 Å². The van der Waals surface area contributed by atoms with E-state index in [9.17, 15) is 19.5 Å². The van der Waals surface area contributed by atoms with Gasteiger partial charge in [0.25, 0.3) is 0 Å². The van der Waals surface area contributed by atoms with Crippen molar-refractivity contribution in [3.05, 3.63) is 51.7 Å². The topological polar surface area (TPSA) is 102 Å². The van der Waals surface area contributed by atoms with Gasteiger partial charge in [-0.05, 0) is 30.2 Å². The lowest BCUT2D eigenvalue weighted by atomic mass is 10.1. The van der Waals surface area contributed by atoms with Crippen LogP contribution in [0, 0.1) is 12.8 Å². The van der Waals surface area contributed by atoms with E-state index < -0.39 is 24.5 Å². The quantitative estimate of drug-likeness (QED) is 0.241. The number of amides is 1. The Morgan fingerprint density at radius 1 is 1.06 bits per heavy atom. The average Bonchev–Trinajstić information content (AvgIpc) is 3.15. The van der Waals surface area contributed by atoms with E-state index in [-0.39, 0.29) is 24.9 Å².